The van der Waals surface area contributed by atoms with Gasteiger partial charge in [-0.05, 0) is 20.3 Å². The number of amides is 1. The maximum atomic E-state index is 12.0. The molecule has 0 aliphatic heterocycles. The molecule has 0 aliphatic carbocycles. The minimum absolute atomic E-state index is 0.00776. The Hall–Kier alpha value is -0.280. The number of hydrogen-bond acceptors (Lipinski definition) is 2. The first-order valence-electron chi connectivity index (χ1n) is 5.45. The number of hydrogen-bond donors (Lipinski definition) is 1. The van der Waals surface area contributed by atoms with E-state index in [2.05, 4.69) is 6.92 Å². The van der Waals surface area contributed by atoms with Gasteiger partial charge in [0.05, 0.1) is 12.0 Å². The van der Waals surface area contributed by atoms with E-state index in [1.54, 1.807) is 4.90 Å². The first kappa shape index (κ1) is 14.7. The van der Waals surface area contributed by atoms with E-state index >= 15 is 0 Å². The molecule has 0 fully saturated rings. The van der Waals surface area contributed by atoms with Gasteiger partial charge in [-0.2, -0.15) is 0 Å². The van der Waals surface area contributed by atoms with Crippen LogP contribution in [0.15, 0.2) is 0 Å². The Morgan fingerprint density at radius 1 is 1.40 bits per heavy atom. The van der Waals surface area contributed by atoms with E-state index in [4.69, 9.17) is 16.7 Å². The van der Waals surface area contributed by atoms with Gasteiger partial charge in [-0.1, -0.05) is 13.3 Å². The van der Waals surface area contributed by atoms with E-state index in [9.17, 15) is 4.79 Å². The van der Waals surface area contributed by atoms with Crippen LogP contribution in [0.2, 0.25) is 0 Å². The van der Waals surface area contributed by atoms with Gasteiger partial charge in [-0.15, -0.1) is 11.6 Å². The van der Waals surface area contributed by atoms with Gasteiger partial charge >= 0.3 is 0 Å². The summed E-state index contributed by atoms with van der Waals surface area (Å²) in [6.45, 7) is 6.86. The van der Waals surface area contributed by atoms with Crippen LogP contribution in [0.5, 0.6) is 0 Å². The van der Waals surface area contributed by atoms with Gasteiger partial charge < -0.3 is 10.0 Å². The lowest BCUT2D eigenvalue weighted by atomic mass is 9.94. The van der Waals surface area contributed by atoms with Crippen molar-refractivity contribution >= 4 is 17.5 Å². The van der Waals surface area contributed by atoms with Crippen molar-refractivity contribution in [3.05, 3.63) is 0 Å². The molecule has 0 radical (unpaired) electrons. The first-order valence-corrected chi connectivity index (χ1v) is 5.99. The average Bonchev–Trinajstić information content (AvgIpc) is 2.23. The van der Waals surface area contributed by atoms with Crippen LogP contribution >= 0.6 is 11.6 Å². The fraction of sp³-hybridized carbons (Fsp3) is 0.909. The van der Waals surface area contributed by atoms with Gasteiger partial charge in [0.25, 0.3) is 0 Å². The molecule has 0 aromatic rings. The van der Waals surface area contributed by atoms with Gasteiger partial charge in [-0.25, -0.2) is 0 Å². The lowest BCUT2D eigenvalue weighted by molar-refractivity contribution is -0.139. The van der Waals surface area contributed by atoms with Crippen LogP contribution in [0.3, 0.4) is 0 Å². The summed E-state index contributed by atoms with van der Waals surface area (Å²) in [6, 6.07) is 0. The summed E-state index contributed by atoms with van der Waals surface area (Å²) in [5.41, 5.74) is -0.537. The maximum Gasteiger partial charge on any atom is 0.229 e. The van der Waals surface area contributed by atoms with Crippen LogP contribution in [0.4, 0.5) is 0 Å². The van der Waals surface area contributed by atoms with Crippen LogP contribution in [-0.4, -0.2) is 41.5 Å². The van der Waals surface area contributed by atoms with Crippen LogP contribution < -0.4 is 0 Å². The van der Waals surface area contributed by atoms with Gasteiger partial charge in [0.2, 0.25) is 5.91 Å². The molecule has 90 valence electrons. The summed E-state index contributed by atoms with van der Waals surface area (Å²) in [5, 5.41) is 8.90. The zero-order valence-corrected chi connectivity index (χ0v) is 10.7. The molecule has 3 nitrogen and oxygen atoms in total. The molecular formula is C11H22ClNO2. The van der Waals surface area contributed by atoms with Crippen molar-refractivity contribution in [2.75, 3.05) is 25.6 Å². The minimum Gasteiger partial charge on any atom is -0.395 e. The van der Waals surface area contributed by atoms with Gasteiger partial charge in [-0.3, -0.25) is 4.79 Å². The second-order valence-corrected chi connectivity index (χ2v) is 4.65. The van der Waals surface area contributed by atoms with E-state index < -0.39 is 5.41 Å². The van der Waals surface area contributed by atoms with Crippen molar-refractivity contribution in [3.63, 3.8) is 0 Å². The molecule has 0 aromatic heterocycles. The minimum atomic E-state index is -0.537. The zero-order chi connectivity index (χ0) is 11.9. The maximum absolute atomic E-state index is 12.0. The molecular weight excluding hydrogens is 214 g/mol. The second-order valence-electron chi connectivity index (χ2n) is 4.39. The van der Waals surface area contributed by atoms with Crippen LogP contribution in [0.1, 0.15) is 33.6 Å². The standard InChI is InChI=1S/C11H22ClNO2/c1-4-5-6-13(7-8-14)10(15)11(2,3)9-12/h14H,4-9H2,1-3H3. The van der Waals surface area contributed by atoms with Crippen molar-refractivity contribution in [1.82, 2.24) is 4.90 Å². The molecule has 0 rings (SSSR count). The second kappa shape index (κ2) is 7.07. The zero-order valence-electron chi connectivity index (χ0n) is 9.92. The molecule has 1 amide bonds. The summed E-state index contributed by atoms with van der Waals surface area (Å²) >= 11 is 5.76. The Morgan fingerprint density at radius 2 is 2.00 bits per heavy atom. The molecule has 0 bridgehead atoms. The number of aliphatic hydroxyl groups is 1. The third-order valence-corrected chi connectivity index (χ3v) is 3.02. The molecule has 0 atom stereocenters. The monoisotopic (exact) mass is 235 g/mol. The Labute approximate surface area is 97.4 Å². The SMILES string of the molecule is CCCCN(CCO)C(=O)C(C)(C)CCl. The lowest BCUT2D eigenvalue weighted by Crippen LogP contribution is -2.43. The normalized spacial score (nSPS) is 11.5. The highest BCUT2D eigenvalue weighted by molar-refractivity contribution is 6.19. The Morgan fingerprint density at radius 3 is 2.40 bits per heavy atom. The van der Waals surface area contributed by atoms with Crippen molar-refractivity contribution < 1.29 is 9.90 Å². The molecule has 0 spiro atoms. The third kappa shape index (κ3) is 4.85. The van der Waals surface area contributed by atoms with Gasteiger partial charge in [0, 0.05) is 19.0 Å². The average molecular weight is 236 g/mol. The molecule has 4 heteroatoms. The van der Waals surface area contributed by atoms with Crippen LogP contribution in [0.25, 0.3) is 0 Å². The molecule has 0 saturated carbocycles. The lowest BCUT2D eigenvalue weighted by Gasteiger charge is -2.30. The van der Waals surface area contributed by atoms with Crippen molar-refractivity contribution in [2.24, 2.45) is 5.41 Å². The van der Waals surface area contributed by atoms with Crippen LogP contribution in [-0.2, 0) is 4.79 Å². The van der Waals surface area contributed by atoms with E-state index in [1.165, 1.54) is 0 Å². The fourth-order valence-corrected chi connectivity index (χ4v) is 1.38. The number of aliphatic hydroxyl groups excluding tert-OH is 1. The van der Waals surface area contributed by atoms with E-state index in [1.807, 2.05) is 13.8 Å². The molecule has 1 N–H and O–H groups in total. The largest absolute Gasteiger partial charge is 0.395 e. The van der Waals surface area contributed by atoms with Gasteiger partial charge in [0.15, 0.2) is 0 Å². The predicted octanol–water partition coefficient (Wildman–Crippen LogP) is 1.87. The van der Waals surface area contributed by atoms with Crippen molar-refractivity contribution in [3.8, 4) is 0 Å². The summed E-state index contributed by atoms with van der Waals surface area (Å²) in [4.78, 5) is 13.7. The highest BCUT2D eigenvalue weighted by Gasteiger charge is 2.30. The smallest absolute Gasteiger partial charge is 0.229 e. The fourth-order valence-electron chi connectivity index (χ4n) is 1.27. The Bertz CT molecular complexity index is 195. The summed E-state index contributed by atoms with van der Waals surface area (Å²) in [7, 11) is 0. The van der Waals surface area contributed by atoms with E-state index in [0.717, 1.165) is 12.8 Å². The van der Waals surface area contributed by atoms with E-state index in [0.29, 0.717) is 19.0 Å². The predicted molar refractivity (Wildman–Crippen MR) is 63.1 cm³/mol. The summed E-state index contributed by atoms with van der Waals surface area (Å²) in [6.07, 6.45) is 2.00. The summed E-state index contributed by atoms with van der Waals surface area (Å²) in [5.74, 6) is 0.333. The number of nitrogens with zero attached hydrogens (tertiary/aromatic N) is 1. The number of unbranched alkanes of at least 4 members (excludes halogenated alkanes) is 1. The molecule has 15 heavy (non-hydrogen) atoms. The molecule has 0 aliphatic rings. The molecule has 0 aromatic carbocycles. The molecule has 0 heterocycles. The number of halogens is 1. The third-order valence-electron chi connectivity index (χ3n) is 2.35. The first-order chi connectivity index (χ1) is 6.99. The van der Waals surface area contributed by atoms with Crippen molar-refractivity contribution in [2.45, 2.75) is 33.6 Å². The highest BCUT2D eigenvalue weighted by Crippen LogP contribution is 2.20. The number of alkyl halides is 1. The topological polar surface area (TPSA) is 40.5 Å². The molecule has 0 saturated heterocycles. The Kier molecular flexibility index (Phi) is 6.94. The highest BCUT2D eigenvalue weighted by atomic mass is 35.5. The van der Waals surface area contributed by atoms with E-state index in [-0.39, 0.29) is 12.5 Å². The van der Waals surface area contributed by atoms with Crippen molar-refractivity contribution in [1.29, 1.82) is 0 Å². The summed E-state index contributed by atoms with van der Waals surface area (Å²) < 4.78 is 0. The number of rotatable bonds is 7. The van der Waals surface area contributed by atoms with Gasteiger partial charge in [0.1, 0.15) is 0 Å². The number of carbonyl (C=O) groups is 1. The molecule has 0 unspecified atom stereocenters. The Balaban J connectivity index is 4.40. The number of carbonyl (C=O) groups excluding carboxylic acids is 1. The quantitative estimate of drug-likeness (QED) is 0.685. The van der Waals surface area contributed by atoms with Crippen LogP contribution in [0, 0.1) is 5.41 Å².